The maximum absolute atomic E-state index is 13.3. The minimum atomic E-state index is -0.442. The summed E-state index contributed by atoms with van der Waals surface area (Å²) in [5, 5.41) is 2.79. The zero-order valence-electron chi connectivity index (χ0n) is 19.8. The van der Waals surface area contributed by atoms with E-state index >= 15 is 0 Å². The molecule has 5 nitrogen and oxygen atoms in total. The lowest BCUT2D eigenvalue weighted by Crippen LogP contribution is -2.48. The Bertz CT molecular complexity index is 1160. The average Bonchev–Trinajstić information content (AvgIpc) is 2.84. The van der Waals surface area contributed by atoms with E-state index in [1.807, 2.05) is 53.4 Å². The summed E-state index contributed by atoms with van der Waals surface area (Å²) in [4.78, 5) is 29.4. The van der Waals surface area contributed by atoms with E-state index in [4.69, 9.17) is 0 Å². The number of hydrogen-bond acceptors (Lipinski definition) is 3. The van der Waals surface area contributed by atoms with E-state index in [0.29, 0.717) is 18.8 Å². The fourth-order valence-corrected chi connectivity index (χ4v) is 4.05. The van der Waals surface area contributed by atoms with Gasteiger partial charge in [0.15, 0.2) is 0 Å². The molecule has 0 saturated carbocycles. The minimum absolute atomic E-state index is 0.0605. The van der Waals surface area contributed by atoms with Gasteiger partial charge in [0, 0.05) is 48.7 Å². The number of nitrogens with zero attached hydrogens (tertiary/aromatic N) is 2. The van der Waals surface area contributed by atoms with Gasteiger partial charge in [-0.15, -0.1) is 0 Å². The van der Waals surface area contributed by atoms with Gasteiger partial charge in [0.05, 0.1) is 0 Å². The van der Waals surface area contributed by atoms with Crippen molar-refractivity contribution < 1.29 is 14.0 Å². The fraction of sp³-hybridized carbons (Fsp3) is 0.286. The van der Waals surface area contributed by atoms with Gasteiger partial charge in [-0.25, -0.2) is 4.39 Å². The lowest BCUT2D eigenvalue weighted by Gasteiger charge is -2.36. The van der Waals surface area contributed by atoms with Crippen LogP contribution in [0.2, 0.25) is 0 Å². The molecule has 34 heavy (non-hydrogen) atoms. The molecular formula is C28H30FN3O2. The van der Waals surface area contributed by atoms with Gasteiger partial charge in [0.25, 0.3) is 11.8 Å². The topological polar surface area (TPSA) is 52.7 Å². The summed E-state index contributed by atoms with van der Waals surface area (Å²) in [6.07, 6.45) is 0. The summed E-state index contributed by atoms with van der Waals surface area (Å²) >= 11 is 0. The SMILES string of the molecule is CC(C)(C)c1ccc(C(=O)N2CCN(c3ccc(NC(=O)c4cccc(F)c4)cc3)CC2)cc1. The Morgan fingerprint density at radius 1 is 0.824 bits per heavy atom. The van der Waals surface area contributed by atoms with Crippen LogP contribution in [-0.2, 0) is 5.41 Å². The first-order valence-electron chi connectivity index (χ1n) is 11.5. The van der Waals surface area contributed by atoms with Crippen LogP contribution in [-0.4, -0.2) is 42.9 Å². The van der Waals surface area contributed by atoms with Gasteiger partial charge >= 0.3 is 0 Å². The van der Waals surface area contributed by atoms with Gasteiger partial charge in [0.2, 0.25) is 0 Å². The van der Waals surface area contributed by atoms with Crippen LogP contribution < -0.4 is 10.2 Å². The molecule has 1 aliphatic heterocycles. The fourth-order valence-electron chi connectivity index (χ4n) is 4.05. The van der Waals surface area contributed by atoms with Crippen molar-refractivity contribution in [3.63, 3.8) is 0 Å². The second-order valence-electron chi connectivity index (χ2n) is 9.62. The number of anilines is 2. The van der Waals surface area contributed by atoms with Gasteiger partial charge < -0.3 is 15.1 Å². The minimum Gasteiger partial charge on any atom is -0.368 e. The largest absolute Gasteiger partial charge is 0.368 e. The van der Waals surface area contributed by atoms with Crippen molar-refractivity contribution in [2.75, 3.05) is 36.4 Å². The first-order valence-corrected chi connectivity index (χ1v) is 11.5. The molecule has 176 valence electrons. The molecule has 0 radical (unpaired) electrons. The molecule has 1 heterocycles. The zero-order valence-corrected chi connectivity index (χ0v) is 19.8. The molecule has 6 heteroatoms. The van der Waals surface area contributed by atoms with Gasteiger partial charge in [-0.05, 0) is 65.6 Å². The third-order valence-electron chi connectivity index (χ3n) is 6.14. The van der Waals surface area contributed by atoms with E-state index in [9.17, 15) is 14.0 Å². The van der Waals surface area contributed by atoms with Crippen molar-refractivity contribution in [2.45, 2.75) is 26.2 Å². The number of amides is 2. The maximum Gasteiger partial charge on any atom is 0.255 e. The summed E-state index contributed by atoms with van der Waals surface area (Å²) in [5.41, 5.74) is 3.95. The van der Waals surface area contributed by atoms with Crippen molar-refractivity contribution in [1.29, 1.82) is 0 Å². The Kier molecular flexibility index (Phi) is 6.68. The zero-order chi connectivity index (χ0) is 24.3. The Morgan fingerprint density at radius 3 is 2.06 bits per heavy atom. The molecule has 4 rings (SSSR count). The number of carbonyl (C=O) groups excluding carboxylic acids is 2. The highest BCUT2D eigenvalue weighted by Gasteiger charge is 2.23. The van der Waals surface area contributed by atoms with Gasteiger partial charge in [0.1, 0.15) is 5.82 Å². The summed E-state index contributed by atoms with van der Waals surface area (Å²) in [5.74, 6) is -0.729. The molecule has 1 fully saturated rings. The van der Waals surface area contributed by atoms with E-state index < -0.39 is 5.82 Å². The summed E-state index contributed by atoms with van der Waals surface area (Å²) < 4.78 is 13.3. The average molecular weight is 460 g/mol. The lowest BCUT2D eigenvalue weighted by molar-refractivity contribution is 0.0746. The second-order valence-corrected chi connectivity index (χ2v) is 9.62. The van der Waals surface area contributed by atoms with Crippen molar-refractivity contribution in [3.8, 4) is 0 Å². The molecule has 1 aliphatic rings. The summed E-state index contributed by atoms with van der Waals surface area (Å²) in [6, 6.07) is 21.1. The number of nitrogens with one attached hydrogen (secondary N) is 1. The van der Waals surface area contributed by atoms with Crippen molar-refractivity contribution in [1.82, 2.24) is 4.90 Å². The first-order chi connectivity index (χ1) is 16.2. The molecular weight excluding hydrogens is 429 g/mol. The second kappa shape index (κ2) is 9.67. The van der Waals surface area contributed by atoms with E-state index in [-0.39, 0.29) is 22.8 Å². The Morgan fingerprint density at radius 2 is 1.47 bits per heavy atom. The number of hydrogen-bond donors (Lipinski definition) is 1. The van der Waals surface area contributed by atoms with Gasteiger partial charge in [-0.1, -0.05) is 39.0 Å². The van der Waals surface area contributed by atoms with Crippen molar-refractivity contribution in [3.05, 3.63) is 95.3 Å². The number of carbonyl (C=O) groups is 2. The Labute approximate surface area is 200 Å². The first kappa shape index (κ1) is 23.5. The van der Waals surface area contributed by atoms with Crippen molar-refractivity contribution >= 4 is 23.2 Å². The van der Waals surface area contributed by atoms with Crippen LogP contribution in [0.25, 0.3) is 0 Å². The number of rotatable bonds is 4. The van der Waals surface area contributed by atoms with E-state index in [1.54, 1.807) is 6.07 Å². The van der Waals surface area contributed by atoms with Crippen LogP contribution in [0.5, 0.6) is 0 Å². The molecule has 3 aromatic rings. The summed E-state index contributed by atoms with van der Waals surface area (Å²) in [7, 11) is 0. The molecule has 0 aliphatic carbocycles. The smallest absolute Gasteiger partial charge is 0.255 e. The molecule has 1 N–H and O–H groups in total. The maximum atomic E-state index is 13.3. The lowest BCUT2D eigenvalue weighted by atomic mass is 9.86. The van der Waals surface area contributed by atoms with Gasteiger partial charge in [-0.3, -0.25) is 9.59 Å². The Balaban J connectivity index is 1.32. The van der Waals surface area contributed by atoms with E-state index in [2.05, 4.69) is 31.0 Å². The molecule has 0 atom stereocenters. The molecule has 2 amide bonds. The van der Waals surface area contributed by atoms with Crippen LogP contribution in [0.1, 0.15) is 47.1 Å². The van der Waals surface area contributed by atoms with Crippen LogP contribution in [0, 0.1) is 5.82 Å². The van der Waals surface area contributed by atoms with Crippen molar-refractivity contribution in [2.24, 2.45) is 0 Å². The molecule has 0 aromatic heterocycles. The normalized spacial score (nSPS) is 14.1. The molecule has 0 unspecified atom stereocenters. The van der Waals surface area contributed by atoms with E-state index in [0.717, 1.165) is 24.3 Å². The van der Waals surface area contributed by atoms with E-state index in [1.165, 1.54) is 23.8 Å². The van der Waals surface area contributed by atoms with Crippen LogP contribution >= 0.6 is 0 Å². The molecule has 0 bridgehead atoms. The molecule has 3 aromatic carbocycles. The highest BCUT2D eigenvalue weighted by atomic mass is 19.1. The molecule has 1 saturated heterocycles. The van der Waals surface area contributed by atoms with Crippen LogP contribution in [0.3, 0.4) is 0 Å². The summed E-state index contributed by atoms with van der Waals surface area (Å²) in [6.45, 7) is 9.26. The van der Waals surface area contributed by atoms with Crippen LogP contribution in [0.4, 0.5) is 15.8 Å². The predicted octanol–water partition coefficient (Wildman–Crippen LogP) is 5.34. The quantitative estimate of drug-likeness (QED) is 0.573. The highest BCUT2D eigenvalue weighted by Crippen LogP contribution is 2.24. The Hall–Kier alpha value is -3.67. The number of benzene rings is 3. The third kappa shape index (κ3) is 5.45. The number of piperazine rings is 1. The molecule has 0 spiro atoms. The monoisotopic (exact) mass is 459 g/mol. The van der Waals surface area contributed by atoms with Crippen LogP contribution in [0.15, 0.2) is 72.8 Å². The standard InChI is InChI=1S/C28H30FN3O2/c1-28(2,3)22-9-7-20(8-10-22)27(34)32-17-15-31(16-18-32)25-13-11-24(12-14-25)30-26(33)21-5-4-6-23(29)19-21/h4-14,19H,15-18H2,1-3H3,(H,30,33). The predicted molar refractivity (Wildman–Crippen MR) is 134 cm³/mol. The van der Waals surface area contributed by atoms with Gasteiger partial charge in [-0.2, -0.15) is 0 Å². The number of halogens is 1. The highest BCUT2D eigenvalue weighted by molar-refractivity contribution is 6.04. The third-order valence-corrected chi connectivity index (χ3v) is 6.14.